The van der Waals surface area contributed by atoms with Crippen LogP contribution < -0.4 is 0 Å². The van der Waals surface area contributed by atoms with Crippen molar-refractivity contribution in [2.75, 3.05) is 0 Å². The van der Waals surface area contributed by atoms with Gasteiger partial charge in [0.2, 0.25) is 0 Å². The summed E-state index contributed by atoms with van der Waals surface area (Å²) in [6.45, 7) is 1.73. The van der Waals surface area contributed by atoms with Gasteiger partial charge in [-0.2, -0.15) is 8.78 Å². The zero-order chi connectivity index (χ0) is 7.33. The van der Waals surface area contributed by atoms with E-state index in [0.717, 1.165) is 0 Å². The van der Waals surface area contributed by atoms with Crippen LogP contribution in [0.5, 0.6) is 0 Å². The van der Waals surface area contributed by atoms with Crippen LogP contribution >= 0.6 is 11.6 Å². The minimum absolute atomic E-state index is 0.620. The Bertz CT molecular complexity index is 122. The normalized spacial score (nSPS) is 13.8. The number of halogens is 3. The highest BCUT2D eigenvalue weighted by Gasteiger charge is 2.18. The zero-order valence-electron chi connectivity index (χ0n) is 4.94. The van der Waals surface area contributed by atoms with E-state index in [0.29, 0.717) is 6.08 Å². The molecular weight excluding hydrogens is 146 g/mol. The highest BCUT2D eigenvalue weighted by molar-refractivity contribution is 6.22. The largest absolute Gasteiger partial charge is 0.341 e. The van der Waals surface area contributed by atoms with E-state index >= 15 is 0 Å². The van der Waals surface area contributed by atoms with Gasteiger partial charge in [-0.3, -0.25) is 0 Å². The van der Waals surface area contributed by atoms with E-state index < -0.39 is 5.38 Å². The summed E-state index contributed by atoms with van der Waals surface area (Å²) in [6.07, 6.45) is 4.94. The van der Waals surface area contributed by atoms with Gasteiger partial charge in [-0.1, -0.05) is 18.2 Å². The third-order valence-electron chi connectivity index (χ3n) is 0.589. The molecule has 0 atom stereocenters. The molecule has 0 aromatic heterocycles. The molecule has 0 N–H and O–H groups in total. The average molecular weight is 153 g/mol. The Labute approximate surface area is 57.8 Å². The minimum atomic E-state index is -3.21. The molecule has 0 spiro atoms. The van der Waals surface area contributed by atoms with E-state index in [4.69, 9.17) is 0 Å². The molecule has 52 valence electrons. The van der Waals surface area contributed by atoms with Gasteiger partial charge in [0.25, 0.3) is 0 Å². The van der Waals surface area contributed by atoms with Crippen LogP contribution in [0.15, 0.2) is 24.3 Å². The summed E-state index contributed by atoms with van der Waals surface area (Å²) >= 11 is 4.51. The predicted molar refractivity (Wildman–Crippen MR) is 34.8 cm³/mol. The monoisotopic (exact) mass is 152 g/mol. The van der Waals surface area contributed by atoms with Crippen molar-refractivity contribution in [1.82, 2.24) is 0 Å². The van der Waals surface area contributed by atoms with Crippen molar-refractivity contribution in [3.63, 3.8) is 0 Å². The predicted octanol–water partition coefficient (Wildman–Crippen LogP) is 2.95. The van der Waals surface area contributed by atoms with Gasteiger partial charge in [-0.25, -0.2) is 0 Å². The smallest absolute Gasteiger partial charge is 0.184 e. The first-order valence-corrected chi connectivity index (χ1v) is 2.81. The fourth-order valence-corrected chi connectivity index (χ4v) is 0.349. The lowest BCUT2D eigenvalue weighted by Gasteiger charge is -1.95. The van der Waals surface area contributed by atoms with Crippen LogP contribution in [0, 0.1) is 0 Å². The Hall–Kier alpha value is -0.370. The summed E-state index contributed by atoms with van der Waals surface area (Å²) in [6, 6.07) is 0. The molecule has 9 heavy (non-hydrogen) atoms. The minimum Gasteiger partial charge on any atom is -0.184 e. The van der Waals surface area contributed by atoms with E-state index in [1.165, 1.54) is 12.2 Å². The lowest BCUT2D eigenvalue weighted by molar-refractivity contribution is 0.153. The Kier molecular flexibility index (Phi) is 3.47. The standard InChI is InChI=1S/C6H7ClF2/c1-2-3-4-5-6(7,8)9/h2-5H,1H3/b3-2+,5-4+. The van der Waals surface area contributed by atoms with Gasteiger partial charge in [-0.15, -0.1) is 0 Å². The van der Waals surface area contributed by atoms with Crippen LogP contribution in [-0.2, 0) is 0 Å². The number of allylic oxidation sites excluding steroid dienone is 4. The van der Waals surface area contributed by atoms with Gasteiger partial charge < -0.3 is 0 Å². The van der Waals surface area contributed by atoms with Crippen LogP contribution in [-0.4, -0.2) is 5.38 Å². The Morgan fingerprint density at radius 3 is 2.22 bits per heavy atom. The van der Waals surface area contributed by atoms with E-state index in [-0.39, 0.29) is 0 Å². The van der Waals surface area contributed by atoms with Crippen LogP contribution in [0.25, 0.3) is 0 Å². The second-order valence-electron chi connectivity index (χ2n) is 1.43. The molecule has 0 radical (unpaired) electrons. The fourth-order valence-electron chi connectivity index (χ4n) is 0.276. The molecule has 0 aromatic rings. The van der Waals surface area contributed by atoms with Crippen molar-refractivity contribution in [3.8, 4) is 0 Å². The SMILES string of the molecule is C/C=C/C=C/C(F)(F)Cl. The van der Waals surface area contributed by atoms with Crippen molar-refractivity contribution >= 4 is 11.6 Å². The second kappa shape index (κ2) is 3.62. The summed E-state index contributed by atoms with van der Waals surface area (Å²) in [5.74, 6) is 0. The van der Waals surface area contributed by atoms with E-state index in [1.54, 1.807) is 13.0 Å². The van der Waals surface area contributed by atoms with Crippen molar-refractivity contribution in [2.24, 2.45) is 0 Å². The van der Waals surface area contributed by atoms with Crippen LogP contribution in [0.3, 0.4) is 0 Å². The van der Waals surface area contributed by atoms with Gasteiger partial charge in [-0.05, 0) is 18.5 Å². The molecule has 0 aliphatic carbocycles. The molecule has 0 aromatic carbocycles. The number of hydrogen-bond donors (Lipinski definition) is 0. The maximum absolute atomic E-state index is 11.7. The number of rotatable bonds is 2. The molecule has 0 aliphatic heterocycles. The van der Waals surface area contributed by atoms with Crippen molar-refractivity contribution in [1.29, 1.82) is 0 Å². The maximum atomic E-state index is 11.7. The van der Waals surface area contributed by atoms with E-state index in [1.807, 2.05) is 0 Å². The molecule has 0 aliphatic rings. The summed E-state index contributed by atoms with van der Waals surface area (Å²) < 4.78 is 23.4. The third-order valence-corrected chi connectivity index (χ3v) is 0.715. The summed E-state index contributed by atoms with van der Waals surface area (Å²) in [5.41, 5.74) is 0. The first kappa shape index (κ1) is 8.63. The third kappa shape index (κ3) is 7.63. The van der Waals surface area contributed by atoms with Crippen LogP contribution in [0.2, 0.25) is 0 Å². The molecule has 0 amide bonds. The van der Waals surface area contributed by atoms with Crippen molar-refractivity contribution in [3.05, 3.63) is 24.3 Å². The van der Waals surface area contributed by atoms with Gasteiger partial charge in [0.15, 0.2) is 0 Å². The Morgan fingerprint density at radius 1 is 1.33 bits per heavy atom. The highest BCUT2D eigenvalue weighted by atomic mass is 35.5. The molecule has 0 rings (SSSR count). The van der Waals surface area contributed by atoms with Gasteiger partial charge >= 0.3 is 5.38 Å². The highest BCUT2D eigenvalue weighted by Crippen LogP contribution is 2.19. The van der Waals surface area contributed by atoms with E-state index in [9.17, 15) is 8.78 Å². The van der Waals surface area contributed by atoms with Gasteiger partial charge in [0, 0.05) is 6.08 Å². The molecule has 0 heterocycles. The quantitative estimate of drug-likeness (QED) is 0.422. The molecule has 0 bridgehead atoms. The second-order valence-corrected chi connectivity index (χ2v) is 1.93. The number of alkyl halides is 3. The van der Waals surface area contributed by atoms with Crippen molar-refractivity contribution in [2.45, 2.75) is 12.3 Å². The molecular formula is C6H7ClF2. The summed E-state index contributed by atoms with van der Waals surface area (Å²) in [7, 11) is 0. The van der Waals surface area contributed by atoms with E-state index in [2.05, 4.69) is 11.6 Å². The molecule has 0 fully saturated rings. The summed E-state index contributed by atoms with van der Waals surface area (Å²) in [5, 5.41) is -3.21. The van der Waals surface area contributed by atoms with Gasteiger partial charge in [0.05, 0.1) is 0 Å². The number of hydrogen-bond acceptors (Lipinski definition) is 0. The molecule has 0 unspecified atom stereocenters. The first-order chi connectivity index (χ1) is 4.06. The Balaban J connectivity index is 3.71. The fraction of sp³-hybridized carbons (Fsp3) is 0.333. The lowest BCUT2D eigenvalue weighted by atomic mass is 10.4. The average Bonchev–Trinajstić information content (AvgIpc) is 1.63. The topological polar surface area (TPSA) is 0 Å². The molecule has 3 heteroatoms. The zero-order valence-corrected chi connectivity index (χ0v) is 5.70. The molecule has 0 nitrogen and oxygen atoms in total. The Morgan fingerprint density at radius 2 is 1.89 bits per heavy atom. The first-order valence-electron chi connectivity index (χ1n) is 2.43. The molecule has 0 saturated heterocycles. The van der Waals surface area contributed by atoms with Crippen molar-refractivity contribution < 1.29 is 8.78 Å². The molecule has 0 saturated carbocycles. The lowest BCUT2D eigenvalue weighted by Crippen LogP contribution is -1.97. The van der Waals surface area contributed by atoms with Crippen LogP contribution in [0.4, 0.5) is 8.78 Å². The maximum Gasteiger partial charge on any atom is 0.341 e. The van der Waals surface area contributed by atoms with Crippen LogP contribution in [0.1, 0.15) is 6.92 Å². The van der Waals surface area contributed by atoms with Gasteiger partial charge in [0.1, 0.15) is 0 Å². The summed E-state index contributed by atoms with van der Waals surface area (Å²) in [4.78, 5) is 0.